The van der Waals surface area contributed by atoms with Crippen molar-refractivity contribution >= 4 is 23.3 Å². The highest BCUT2D eigenvalue weighted by atomic mass is 35.5. The van der Waals surface area contributed by atoms with Crippen LogP contribution in [0.3, 0.4) is 0 Å². The number of amides is 2. The average molecular weight is 339 g/mol. The summed E-state index contributed by atoms with van der Waals surface area (Å²) in [6, 6.07) is 8.31. The number of para-hydroxylation sites is 1. The van der Waals surface area contributed by atoms with Crippen LogP contribution in [0, 0.1) is 0 Å². The van der Waals surface area contributed by atoms with Crippen molar-refractivity contribution in [3.8, 4) is 5.75 Å². The molecule has 2 rings (SSSR count). The Kier molecular flexibility index (Phi) is 6.77. The van der Waals surface area contributed by atoms with E-state index in [1.165, 1.54) is 0 Å². The Morgan fingerprint density at radius 3 is 2.87 bits per heavy atom. The molecule has 0 aliphatic rings. The molecule has 1 aromatic carbocycles. The lowest BCUT2D eigenvalue weighted by molar-refractivity contribution is 0.110. The fourth-order valence-electron chi connectivity index (χ4n) is 1.85. The zero-order chi connectivity index (χ0) is 16.5. The van der Waals surface area contributed by atoms with Gasteiger partial charge in [0.25, 0.3) is 0 Å². The van der Waals surface area contributed by atoms with E-state index in [-0.39, 0.29) is 6.03 Å². The smallest absolute Gasteiger partial charge is 0.319 e. The normalized spacial score (nSPS) is 10.3. The first-order chi connectivity index (χ1) is 11.2. The number of carbonyl (C=O) groups is 1. The number of carbonyl (C=O) groups excluding carboxylic acids is 1. The predicted molar refractivity (Wildman–Crippen MR) is 88.0 cm³/mol. The molecule has 0 radical (unpaired) electrons. The molecule has 0 spiro atoms. The van der Waals surface area contributed by atoms with Crippen LogP contribution in [0.1, 0.15) is 12.7 Å². The van der Waals surface area contributed by atoms with Crippen molar-refractivity contribution in [2.45, 2.75) is 13.5 Å². The third-order valence-corrected chi connectivity index (χ3v) is 3.19. The van der Waals surface area contributed by atoms with Gasteiger partial charge in [-0.3, -0.25) is 0 Å². The maximum Gasteiger partial charge on any atom is 0.319 e. The van der Waals surface area contributed by atoms with Gasteiger partial charge < -0.3 is 24.5 Å². The third kappa shape index (κ3) is 5.50. The zero-order valence-corrected chi connectivity index (χ0v) is 13.6. The van der Waals surface area contributed by atoms with Gasteiger partial charge >= 0.3 is 6.03 Å². The molecular weight excluding hydrogens is 320 g/mol. The zero-order valence-electron chi connectivity index (χ0n) is 12.8. The summed E-state index contributed by atoms with van der Waals surface area (Å²) in [7, 11) is 0. The van der Waals surface area contributed by atoms with Crippen LogP contribution < -0.4 is 15.4 Å². The van der Waals surface area contributed by atoms with Crippen LogP contribution in [0.2, 0.25) is 5.02 Å². The number of hydrogen-bond donors (Lipinski definition) is 2. The topological polar surface area (TPSA) is 72.7 Å². The highest BCUT2D eigenvalue weighted by Gasteiger charge is 2.11. The molecule has 2 N–H and O–H groups in total. The molecular formula is C16H19ClN2O4. The van der Waals surface area contributed by atoms with E-state index in [4.69, 9.17) is 25.5 Å². The van der Waals surface area contributed by atoms with Gasteiger partial charge in [-0.05, 0) is 31.2 Å². The summed E-state index contributed by atoms with van der Waals surface area (Å²) in [5, 5.41) is 5.82. The molecule has 0 saturated carbocycles. The van der Waals surface area contributed by atoms with Gasteiger partial charge in [0, 0.05) is 6.61 Å². The first-order valence-electron chi connectivity index (χ1n) is 7.27. The van der Waals surface area contributed by atoms with E-state index in [1.54, 1.807) is 36.6 Å². The van der Waals surface area contributed by atoms with E-state index in [0.29, 0.717) is 48.6 Å². The minimum Gasteiger partial charge on any atom is -0.487 e. The average Bonchev–Trinajstić information content (AvgIpc) is 3.05. The Morgan fingerprint density at radius 2 is 2.13 bits per heavy atom. The van der Waals surface area contributed by atoms with Crippen LogP contribution in [0.5, 0.6) is 5.75 Å². The van der Waals surface area contributed by atoms with Crippen LogP contribution in [-0.2, 0) is 11.3 Å². The Bertz CT molecular complexity index is 617. The van der Waals surface area contributed by atoms with Gasteiger partial charge in [0.2, 0.25) is 0 Å². The van der Waals surface area contributed by atoms with Crippen molar-refractivity contribution in [2.75, 3.05) is 25.1 Å². The standard InChI is InChI=1S/C16H19ClN2O4/c1-2-21-9-10-23-15-13(17)6-3-7-14(15)19-16(20)18-11-12-5-4-8-22-12/h3-8H,2,9-11H2,1H3,(H2,18,19,20). The fourth-order valence-corrected chi connectivity index (χ4v) is 2.08. The number of ether oxygens (including phenoxy) is 2. The Labute approximate surface area is 139 Å². The molecule has 1 aromatic heterocycles. The third-order valence-electron chi connectivity index (χ3n) is 2.90. The van der Waals surface area contributed by atoms with E-state index in [1.807, 2.05) is 6.92 Å². The number of nitrogens with one attached hydrogen (secondary N) is 2. The Balaban J connectivity index is 1.92. The summed E-state index contributed by atoms with van der Waals surface area (Å²) >= 11 is 6.13. The van der Waals surface area contributed by atoms with Crippen molar-refractivity contribution in [1.29, 1.82) is 0 Å². The second-order valence-electron chi connectivity index (χ2n) is 4.55. The molecule has 2 amide bonds. The molecule has 0 aliphatic heterocycles. The van der Waals surface area contributed by atoms with Crippen molar-refractivity contribution < 1.29 is 18.7 Å². The number of urea groups is 1. The Morgan fingerprint density at radius 1 is 1.26 bits per heavy atom. The number of furan rings is 1. The summed E-state index contributed by atoms with van der Waals surface area (Å²) in [5.74, 6) is 1.08. The first-order valence-corrected chi connectivity index (χ1v) is 7.64. The summed E-state index contributed by atoms with van der Waals surface area (Å²) in [5.41, 5.74) is 0.492. The second-order valence-corrected chi connectivity index (χ2v) is 4.96. The molecule has 0 bridgehead atoms. The van der Waals surface area contributed by atoms with E-state index >= 15 is 0 Å². The predicted octanol–water partition coefficient (Wildman–Crippen LogP) is 3.67. The lowest BCUT2D eigenvalue weighted by Crippen LogP contribution is -2.28. The largest absolute Gasteiger partial charge is 0.487 e. The van der Waals surface area contributed by atoms with Crippen molar-refractivity contribution in [3.63, 3.8) is 0 Å². The van der Waals surface area contributed by atoms with Gasteiger partial charge in [-0.25, -0.2) is 4.79 Å². The SMILES string of the molecule is CCOCCOc1c(Cl)cccc1NC(=O)NCc1ccco1. The van der Waals surface area contributed by atoms with E-state index in [0.717, 1.165) is 0 Å². The van der Waals surface area contributed by atoms with Gasteiger partial charge in [-0.2, -0.15) is 0 Å². The maximum atomic E-state index is 12.0. The summed E-state index contributed by atoms with van der Waals surface area (Å²) < 4.78 is 16.0. The van der Waals surface area contributed by atoms with Crippen molar-refractivity contribution in [2.24, 2.45) is 0 Å². The lowest BCUT2D eigenvalue weighted by atomic mass is 10.3. The molecule has 1 heterocycles. The molecule has 0 saturated heterocycles. The van der Waals surface area contributed by atoms with Gasteiger partial charge in [-0.1, -0.05) is 17.7 Å². The maximum absolute atomic E-state index is 12.0. The summed E-state index contributed by atoms with van der Waals surface area (Å²) in [6.07, 6.45) is 1.55. The number of benzene rings is 1. The van der Waals surface area contributed by atoms with Crippen molar-refractivity contribution in [3.05, 3.63) is 47.4 Å². The van der Waals surface area contributed by atoms with Gasteiger partial charge in [0.1, 0.15) is 12.4 Å². The molecule has 0 fully saturated rings. The number of anilines is 1. The summed E-state index contributed by atoms with van der Waals surface area (Å²) in [6.45, 7) is 3.62. The van der Waals surface area contributed by atoms with Crippen molar-refractivity contribution in [1.82, 2.24) is 5.32 Å². The highest BCUT2D eigenvalue weighted by Crippen LogP contribution is 2.32. The van der Waals surface area contributed by atoms with Crippen LogP contribution >= 0.6 is 11.6 Å². The minimum absolute atomic E-state index is 0.292. The quantitative estimate of drug-likeness (QED) is 0.720. The van der Waals surface area contributed by atoms with Crippen LogP contribution in [0.25, 0.3) is 0 Å². The van der Waals surface area contributed by atoms with Crippen LogP contribution in [0.4, 0.5) is 10.5 Å². The van der Waals surface area contributed by atoms with Crippen LogP contribution in [0.15, 0.2) is 41.0 Å². The molecule has 2 aromatic rings. The Hall–Kier alpha value is -2.18. The van der Waals surface area contributed by atoms with Crippen LogP contribution in [-0.4, -0.2) is 25.9 Å². The molecule has 6 nitrogen and oxygen atoms in total. The number of halogens is 1. The molecule has 124 valence electrons. The van der Waals surface area contributed by atoms with E-state index in [2.05, 4.69) is 10.6 Å². The lowest BCUT2D eigenvalue weighted by Gasteiger charge is -2.14. The molecule has 23 heavy (non-hydrogen) atoms. The van der Waals surface area contributed by atoms with E-state index in [9.17, 15) is 4.79 Å². The van der Waals surface area contributed by atoms with Gasteiger partial charge in [0.05, 0.1) is 30.1 Å². The summed E-state index contributed by atoms with van der Waals surface area (Å²) in [4.78, 5) is 12.0. The van der Waals surface area contributed by atoms with E-state index < -0.39 is 0 Å². The second kappa shape index (κ2) is 9.07. The first kappa shape index (κ1) is 17.2. The monoisotopic (exact) mass is 338 g/mol. The number of rotatable bonds is 8. The molecule has 0 aliphatic carbocycles. The van der Waals surface area contributed by atoms with Gasteiger partial charge in [-0.15, -0.1) is 0 Å². The number of hydrogen-bond acceptors (Lipinski definition) is 4. The van der Waals surface area contributed by atoms with Gasteiger partial charge in [0.15, 0.2) is 5.75 Å². The highest BCUT2D eigenvalue weighted by molar-refractivity contribution is 6.32. The minimum atomic E-state index is -0.377. The molecule has 0 unspecified atom stereocenters. The molecule has 7 heteroatoms. The fraction of sp³-hybridized carbons (Fsp3) is 0.312. The molecule has 0 atom stereocenters.